The molecule has 0 saturated heterocycles. The summed E-state index contributed by atoms with van der Waals surface area (Å²) < 4.78 is 0. The maximum atomic E-state index is 10.9. The van der Waals surface area contributed by atoms with Crippen LogP contribution in [0.2, 0.25) is 0 Å². The van der Waals surface area contributed by atoms with E-state index < -0.39 is 11.9 Å². The molecule has 0 aromatic heterocycles. The van der Waals surface area contributed by atoms with Gasteiger partial charge >= 0.3 is 5.97 Å². The Kier molecular flexibility index (Phi) is 2.35. The molecule has 2 heteroatoms. The molecule has 1 aromatic rings. The van der Waals surface area contributed by atoms with Crippen LogP contribution in [0.3, 0.4) is 0 Å². The topological polar surface area (TPSA) is 37.3 Å². The molecule has 0 spiro atoms. The summed E-state index contributed by atoms with van der Waals surface area (Å²) >= 11 is 0. The number of benzene rings is 1. The van der Waals surface area contributed by atoms with E-state index in [1.54, 1.807) is 6.92 Å². The molecule has 0 fully saturated rings. The summed E-state index contributed by atoms with van der Waals surface area (Å²) in [6, 6.07) is 6.23. The molecule has 0 amide bonds. The molecule has 0 radical (unpaired) electrons. The highest BCUT2D eigenvalue weighted by Gasteiger charge is 2.23. The third-order valence-corrected chi connectivity index (χ3v) is 2.96. The predicted octanol–water partition coefficient (Wildman–Crippen LogP) is 2.66. The van der Waals surface area contributed by atoms with Crippen molar-refractivity contribution in [1.82, 2.24) is 0 Å². The highest BCUT2D eigenvalue weighted by molar-refractivity contribution is 5.89. The van der Waals surface area contributed by atoms with Crippen LogP contribution in [0, 0.1) is 12.8 Å². The minimum Gasteiger partial charge on any atom is -0.481 e. The summed E-state index contributed by atoms with van der Waals surface area (Å²) in [6.45, 7) is 3.77. The lowest BCUT2D eigenvalue weighted by Crippen LogP contribution is -2.10. The lowest BCUT2D eigenvalue weighted by atomic mass is 9.94. The summed E-state index contributed by atoms with van der Waals surface area (Å²) in [5, 5.41) is 9.00. The van der Waals surface area contributed by atoms with Crippen LogP contribution in [-0.2, 0) is 11.2 Å². The molecule has 1 aliphatic carbocycles. The van der Waals surface area contributed by atoms with Gasteiger partial charge in [0.05, 0.1) is 5.92 Å². The minimum atomic E-state index is -0.754. The van der Waals surface area contributed by atoms with Gasteiger partial charge in [-0.05, 0) is 37.0 Å². The quantitative estimate of drug-likeness (QED) is 0.800. The third-order valence-electron chi connectivity index (χ3n) is 2.96. The van der Waals surface area contributed by atoms with Gasteiger partial charge in [0.15, 0.2) is 0 Å². The van der Waals surface area contributed by atoms with Crippen LogP contribution in [0.15, 0.2) is 24.3 Å². The Morgan fingerprint density at radius 1 is 1.47 bits per heavy atom. The molecule has 1 N–H and O–H groups in total. The lowest BCUT2D eigenvalue weighted by molar-refractivity contribution is -0.139. The molecule has 0 bridgehead atoms. The van der Waals surface area contributed by atoms with Gasteiger partial charge in [0, 0.05) is 0 Å². The number of fused-ring (bicyclic) bond motifs is 1. The maximum Gasteiger partial charge on any atom is 0.310 e. The van der Waals surface area contributed by atoms with Crippen LogP contribution < -0.4 is 0 Å². The molecule has 2 rings (SSSR count). The number of carboxylic acids is 1. The number of rotatable bonds is 2. The van der Waals surface area contributed by atoms with Gasteiger partial charge in [0.25, 0.3) is 0 Å². The van der Waals surface area contributed by atoms with Gasteiger partial charge in [-0.15, -0.1) is 0 Å². The van der Waals surface area contributed by atoms with Crippen molar-refractivity contribution in [2.24, 2.45) is 5.92 Å². The van der Waals surface area contributed by atoms with Gasteiger partial charge in [0.1, 0.15) is 0 Å². The molecule has 2 nitrogen and oxygen atoms in total. The number of hydrogen-bond acceptors (Lipinski definition) is 1. The number of carboxylic acid groups (broad SMARTS) is 1. The molecule has 78 valence electrons. The van der Waals surface area contributed by atoms with Crippen LogP contribution in [0.5, 0.6) is 0 Å². The van der Waals surface area contributed by atoms with Crippen LogP contribution >= 0.6 is 0 Å². The minimum absolute atomic E-state index is 0.409. The SMILES string of the molecule is Cc1ccc2c(c1)C(C(C)C(=O)O)=CC2. The number of carbonyl (C=O) groups is 1. The van der Waals surface area contributed by atoms with Gasteiger partial charge in [-0.3, -0.25) is 4.79 Å². The zero-order valence-corrected chi connectivity index (χ0v) is 8.95. The van der Waals surface area contributed by atoms with E-state index in [4.69, 9.17) is 5.11 Å². The Bertz CT molecular complexity index is 444. The Hall–Kier alpha value is -1.57. The second-order valence-corrected chi connectivity index (χ2v) is 4.08. The third kappa shape index (κ3) is 1.67. The Balaban J connectivity index is 2.42. The van der Waals surface area contributed by atoms with E-state index in [9.17, 15) is 4.79 Å². The van der Waals surface area contributed by atoms with Gasteiger partial charge in [-0.2, -0.15) is 0 Å². The molecule has 0 heterocycles. The van der Waals surface area contributed by atoms with Crippen LogP contribution in [0.4, 0.5) is 0 Å². The van der Waals surface area contributed by atoms with E-state index in [0.29, 0.717) is 0 Å². The van der Waals surface area contributed by atoms with Crippen LogP contribution in [0.1, 0.15) is 23.6 Å². The second kappa shape index (κ2) is 3.54. The van der Waals surface area contributed by atoms with E-state index in [0.717, 1.165) is 17.6 Å². The first kappa shape index (κ1) is 9.97. The number of allylic oxidation sites excluding steroid dienone is 1. The van der Waals surface area contributed by atoms with E-state index >= 15 is 0 Å². The second-order valence-electron chi connectivity index (χ2n) is 4.08. The first-order valence-corrected chi connectivity index (χ1v) is 5.12. The van der Waals surface area contributed by atoms with Crippen LogP contribution in [0.25, 0.3) is 5.57 Å². The predicted molar refractivity (Wildman–Crippen MR) is 59.7 cm³/mol. The zero-order chi connectivity index (χ0) is 11.0. The first-order valence-electron chi connectivity index (χ1n) is 5.12. The van der Waals surface area contributed by atoms with Crippen molar-refractivity contribution in [2.45, 2.75) is 20.3 Å². The van der Waals surface area contributed by atoms with Crippen molar-refractivity contribution in [3.05, 3.63) is 41.0 Å². The molecular weight excluding hydrogens is 188 g/mol. The summed E-state index contributed by atoms with van der Waals surface area (Å²) in [6.07, 6.45) is 2.89. The first-order chi connectivity index (χ1) is 7.09. The molecule has 1 atom stereocenters. The zero-order valence-electron chi connectivity index (χ0n) is 8.95. The molecule has 0 aliphatic heterocycles. The summed E-state index contributed by atoms with van der Waals surface area (Å²) in [4.78, 5) is 10.9. The van der Waals surface area contributed by atoms with Gasteiger partial charge in [-0.25, -0.2) is 0 Å². The largest absolute Gasteiger partial charge is 0.481 e. The Labute approximate surface area is 89.2 Å². The monoisotopic (exact) mass is 202 g/mol. The summed E-state index contributed by atoms with van der Waals surface area (Å²) in [5.41, 5.74) is 4.49. The smallest absolute Gasteiger partial charge is 0.310 e. The fourth-order valence-corrected chi connectivity index (χ4v) is 2.01. The molecule has 0 saturated carbocycles. The number of aryl methyl sites for hydroxylation is 1. The van der Waals surface area contributed by atoms with Crippen molar-refractivity contribution in [1.29, 1.82) is 0 Å². The van der Waals surface area contributed by atoms with Gasteiger partial charge in [0.2, 0.25) is 0 Å². The van der Waals surface area contributed by atoms with Crippen molar-refractivity contribution in [3.63, 3.8) is 0 Å². The lowest BCUT2D eigenvalue weighted by Gasteiger charge is -2.10. The highest BCUT2D eigenvalue weighted by Crippen LogP contribution is 2.33. The average Bonchev–Trinajstić information content (AvgIpc) is 2.59. The standard InChI is InChI=1S/C13H14O2/c1-8-3-4-10-5-6-11(12(10)7-8)9(2)13(14)15/h3-4,6-7,9H,5H2,1-2H3,(H,14,15). The summed E-state index contributed by atoms with van der Waals surface area (Å²) in [5.74, 6) is -1.16. The van der Waals surface area contributed by atoms with E-state index in [-0.39, 0.29) is 0 Å². The van der Waals surface area contributed by atoms with E-state index in [1.807, 2.05) is 13.0 Å². The fraction of sp³-hybridized carbons (Fsp3) is 0.308. The average molecular weight is 202 g/mol. The van der Waals surface area contributed by atoms with Crippen LogP contribution in [-0.4, -0.2) is 11.1 Å². The number of hydrogen-bond donors (Lipinski definition) is 1. The molecular formula is C13H14O2. The normalized spacial score (nSPS) is 15.7. The molecule has 1 aromatic carbocycles. The molecule has 1 unspecified atom stereocenters. The maximum absolute atomic E-state index is 10.9. The number of aliphatic carboxylic acids is 1. The fourth-order valence-electron chi connectivity index (χ4n) is 2.01. The Morgan fingerprint density at radius 3 is 2.87 bits per heavy atom. The summed E-state index contributed by atoms with van der Waals surface area (Å²) in [7, 11) is 0. The highest BCUT2D eigenvalue weighted by atomic mass is 16.4. The van der Waals surface area contributed by atoms with Gasteiger partial charge < -0.3 is 5.11 Å². The molecule has 1 aliphatic rings. The molecule has 15 heavy (non-hydrogen) atoms. The van der Waals surface area contributed by atoms with Crippen molar-refractivity contribution in [2.75, 3.05) is 0 Å². The van der Waals surface area contributed by atoms with Crippen molar-refractivity contribution < 1.29 is 9.90 Å². The van der Waals surface area contributed by atoms with Crippen molar-refractivity contribution in [3.8, 4) is 0 Å². The van der Waals surface area contributed by atoms with Crippen molar-refractivity contribution >= 4 is 11.5 Å². The van der Waals surface area contributed by atoms with E-state index in [1.165, 1.54) is 11.1 Å². The van der Waals surface area contributed by atoms with E-state index in [2.05, 4.69) is 18.2 Å². The van der Waals surface area contributed by atoms with Gasteiger partial charge in [-0.1, -0.05) is 29.8 Å². The Morgan fingerprint density at radius 2 is 2.20 bits per heavy atom.